The topological polar surface area (TPSA) is 12.0 Å². The van der Waals surface area contributed by atoms with E-state index < -0.39 is 0 Å². The molecule has 1 aromatic carbocycles. The Morgan fingerprint density at radius 1 is 1.21 bits per heavy atom. The summed E-state index contributed by atoms with van der Waals surface area (Å²) in [6.45, 7) is 7.86. The van der Waals surface area contributed by atoms with Gasteiger partial charge in [-0.3, -0.25) is 0 Å². The van der Waals surface area contributed by atoms with Gasteiger partial charge in [0.25, 0.3) is 0 Å². The molecule has 3 heteroatoms. The molecule has 1 atom stereocenters. The fraction of sp³-hybridized carbons (Fsp3) is 0.625. The van der Waals surface area contributed by atoms with Crippen molar-refractivity contribution in [1.82, 2.24) is 5.32 Å². The molecule has 0 fully saturated rings. The summed E-state index contributed by atoms with van der Waals surface area (Å²) in [6.07, 6.45) is 4.50. The highest BCUT2D eigenvalue weighted by Crippen LogP contribution is 2.27. The molecule has 0 aliphatic carbocycles. The standard InChI is InChI=1S/C16H25Cl2N/c1-4-11-19-15(12(2)3)10-6-8-13-7-5-9-14(17)16(13)18/h5,7,9,12,15,19H,4,6,8,10-11H2,1-3H3. The molecule has 1 aromatic rings. The van der Waals surface area contributed by atoms with Gasteiger partial charge in [0.1, 0.15) is 0 Å². The monoisotopic (exact) mass is 301 g/mol. The van der Waals surface area contributed by atoms with Gasteiger partial charge in [0.2, 0.25) is 0 Å². The van der Waals surface area contributed by atoms with E-state index in [1.54, 1.807) is 0 Å². The predicted molar refractivity (Wildman–Crippen MR) is 86.3 cm³/mol. The van der Waals surface area contributed by atoms with Gasteiger partial charge >= 0.3 is 0 Å². The molecule has 0 heterocycles. The highest BCUT2D eigenvalue weighted by Gasteiger charge is 2.12. The van der Waals surface area contributed by atoms with E-state index in [1.165, 1.54) is 12.8 Å². The van der Waals surface area contributed by atoms with E-state index in [0.717, 1.165) is 24.9 Å². The van der Waals surface area contributed by atoms with Crippen molar-refractivity contribution in [3.63, 3.8) is 0 Å². The SMILES string of the molecule is CCCNC(CCCc1cccc(Cl)c1Cl)C(C)C. The third-order valence-corrected chi connectivity index (χ3v) is 4.31. The zero-order chi connectivity index (χ0) is 14.3. The molecule has 0 radical (unpaired) electrons. The average Bonchev–Trinajstić information content (AvgIpc) is 2.38. The third-order valence-electron chi connectivity index (χ3n) is 3.45. The molecule has 0 spiro atoms. The third kappa shape index (κ3) is 5.72. The largest absolute Gasteiger partial charge is 0.314 e. The van der Waals surface area contributed by atoms with E-state index in [9.17, 15) is 0 Å². The number of hydrogen-bond acceptors (Lipinski definition) is 1. The minimum atomic E-state index is 0.595. The smallest absolute Gasteiger partial charge is 0.0624 e. The fourth-order valence-electron chi connectivity index (χ4n) is 2.25. The van der Waals surface area contributed by atoms with E-state index >= 15 is 0 Å². The summed E-state index contributed by atoms with van der Waals surface area (Å²) < 4.78 is 0. The molecule has 1 rings (SSSR count). The van der Waals surface area contributed by atoms with Crippen LogP contribution in [0.15, 0.2) is 18.2 Å². The highest BCUT2D eigenvalue weighted by molar-refractivity contribution is 6.42. The second kappa shape index (κ2) is 8.84. The van der Waals surface area contributed by atoms with Crippen LogP contribution < -0.4 is 5.32 Å². The number of nitrogens with one attached hydrogen (secondary N) is 1. The maximum Gasteiger partial charge on any atom is 0.0624 e. The molecule has 0 bridgehead atoms. The first-order valence-electron chi connectivity index (χ1n) is 7.22. The zero-order valence-corrected chi connectivity index (χ0v) is 13.7. The van der Waals surface area contributed by atoms with Gasteiger partial charge in [0.15, 0.2) is 0 Å². The Hall–Kier alpha value is -0.240. The van der Waals surface area contributed by atoms with Crippen molar-refractivity contribution in [3.8, 4) is 0 Å². The lowest BCUT2D eigenvalue weighted by Crippen LogP contribution is -2.34. The van der Waals surface area contributed by atoms with Crippen LogP contribution in [0.1, 0.15) is 45.6 Å². The molecule has 0 aliphatic rings. The minimum Gasteiger partial charge on any atom is -0.314 e. The number of benzene rings is 1. The van der Waals surface area contributed by atoms with E-state index in [4.69, 9.17) is 23.2 Å². The summed E-state index contributed by atoms with van der Waals surface area (Å²) in [7, 11) is 0. The van der Waals surface area contributed by atoms with E-state index in [-0.39, 0.29) is 0 Å². The second-order valence-electron chi connectivity index (χ2n) is 5.41. The maximum absolute atomic E-state index is 6.21. The maximum atomic E-state index is 6.21. The van der Waals surface area contributed by atoms with E-state index in [0.29, 0.717) is 22.0 Å². The molecule has 0 saturated heterocycles. The Morgan fingerprint density at radius 2 is 1.95 bits per heavy atom. The first-order chi connectivity index (χ1) is 9.06. The minimum absolute atomic E-state index is 0.595. The Morgan fingerprint density at radius 3 is 2.58 bits per heavy atom. The van der Waals surface area contributed by atoms with Crippen molar-refractivity contribution in [1.29, 1.82) is 0 Å². The van der Waals surface area contributed by atoms with Gasteiger partial charge in [-0.25, -0.2) is 0 Å². The number of halogens is 2. The number of rotatable bonds is 8. The Balaban J connectivity index is 2.45. The molecule has 108 valence electrons. The van der Waals surface area contributed by atoms with Crippen LogP contribution in [-0.4, -0.2) is 12.6 Å². The van der Waals surface area contributed by atoms with Crippen LogP contribution in [0.4, 0.5) is 0 Å². The average molecular weight is 302 g/mol. The van der Waals surface area contributed by atoms with Crippen LogP contribution in [0.3, 0.4) is 0 Å². The summed E-state index contributed by atoms with van der Waals surface area (Å²) in [5.74, 6) is 0.668. The molecule has 1 nitrogen and oxygen atoms in total. The molecular formula is C16H25Cl2N. The lowest BCUT2D eigenvalue weighted by molar-refractivity contribution is 0.370. The van der Waals surface area contributed by atoms with Gasteiger partial charge < -0.3 is 5.32 Å². The van der Waals surface area contributed by atoms with Crippen molar-refractivity contribution in [2.45, 2.75) is 52.5 Å². The summed E-state index contributed by atoms with van der Waals surface area (Å²) >= 11 is 12.2. The predicted octanol–water partition coefficient (Wildman–Crippen LogP) is 5.34. The van der Waals surface area contributed by atoms with E-state index in [1.807, 2.05) is 12.1 Å². The van der Waals surface area contributed by atoms with Crippen LogP contribution in [-0.2, 0) is 6.42 Å². The summed E-state index contributed by atoms with van der Waals surface area (Å²) in [5.41, 5.74) is 1.16. The molecule has 1 N–H and O–H groups in total. The summed E-state index contributed by atoms with van der Waals surface area (Å²) in [5, 5.41) is 4.99. The highest BCUT2D eigenvalue weighted by atomic mass is 35.5. The molecular weight excluding hydrogens is 277 g/mol. The molecule has 19 heavy (non-hydrogen) atoms. The van der Waals surface area contributed by atoms with Crippen LogP contribution >= 0.6 is 23.2 Å². The van der Waals surface area contributed by atoms with Crippen LogP contribution in [0.2, 0.25) is 10.0 Å². The lowest BCUT2D eigenvalue weighted by atomic mass is 9.96. The lowest BCUT2D eigenvalue weighted by Gasteiger charge is -2.22. The van der Waals surface area contributed by atoms with Crippen molar-refractivity contribution < 1.29 is 0 Å². The van der Waals surface area contributed by atoms with E-state index in [2.05, 4.69) is 32.2 Å². The normalized spacial score (nSPS) is 12.9. The van der Waals surface area contributed by atoms with Crippen LogP contribution in [0.5, 0.6) is 0 Å². The van der Waals surface area contributed by atoms with Crippen LogP contribution in [0, 0.1) is 5.92 Å². The summed E-state index contributed by atoms with van der Waals surface area (Å²) in [6, 6.07) is 6.47. The van der Waals surface area contributed by atoms with Crippen molar-refractivity contribution >= 4 is 23.2 Å². The van der Waals surface area contributed by atoms with Gasteiger partial charge in [-0.15, -0.1) is 0 Å². The number of aryl methyl sites for hydroxylation is 1. The number of hydrogen-bond donors (Lipinski definition) is 1. The molecule has 0 aliphatic heterocycles. The van der Waals surface area contributed by atoms with Gasteiger partial charge in [-0.1, -0.05) is 56.1 Å². The van der Waals surface area contributed by atoms with Gasteiger partial charge in [-0.05, 0) is 49.8 Å². The Labute approximate surface area is 127 Å². The van der Waals surface area contributed by atoms with Crippen LogP contribution in [0.25, 0.3) is 0 Å². The Bertz CT molecular complexity index is 377. The fourth-order valence-corrected chi connectivity index (χ4v) is 2.67. The first-order valence-corrected chi connectivity index (χ1v) is 7.98. The molecule has 0 amide bonds. The first kappa shape index (κ1) is 16.8. The summed E-state index contributed by atoms with van der Waals surface area (Å²) in [4.78, 5) is 0. The molecule has 0 saturated carbocycles. The van der Waals surface area contributed by atoms with Crippen molar-refractivity contribution in [3.05, 3.63) is 33.8 Å². The van der Waals surface area contributed by atoms with Crippen molar-refractivity contribution in [2.75, 3.05) is 6.54 Å². The van der Waals surface area contributed by atoms with Gasteiger partial charge in [0.05, 0.1) is 10.0 Å². The van der Waals surface area contributed by atoms with Crippen molar-refractivity contribution in [2.24, 2.45) is 5.92 Å². The molecule has 1 unspecified atom stereocenters. The zero-order valence-electron chi connectivity index (χ0n) is 12.2. The van der Waals surface area contributed by atoms with Gasteiger partial charge in [0, 0.05) is 6.04 Å². The quantitative estimate of drug-likeness (QED) is 0.683. The Kier molecular flexibility index (Phi) is 7.82. The van der Waals surface area contributed by atoms with Gasteiger partial charge in [-0.2, -0.15) is 0 Å². The molecule has 0 aromatic heterocycles. The second-order valence-corrected chi connectivity index (χ2v) is 6.19.